The summed E-state index contributed by atoms with van der Waals surface area (Å²) in [4.78, 5) is 0. The molecule has 0 aromatic heterocycles. The number of unbranched alkanes of at least 4 members (excludes halogenated alkanes) is 4. The molecule has 0 aliphatic carbocycles. The zero-order chi connectivity index (χ0) is 14.8. The van der Waals surface area contributed by atoms with E-state index in [4.69, 9.17) is 0 Å². The van der Waals surface area contributed by atoms with Crippen molar-refractivity contribution in [1.82, 2.24) is 9.44 Å². The first-order chi connectivity index (χ1) is 8.83. The Morgan fingerprint density at radius 3 is 1.26 bits per heavy atom. The Bertz CT molecular complexity index is 378. The van der Waals surface area contributed by atoms with Gasteiger partial charge in [0.05, 0.1) is 11.5 Å². The lowest BCUT2D eigenvalue weighted by Gasteiger charge is -2.05. The Balaban J connectivity index is 3.38. The minimum Gasteiger partial charge on any atom is -0.215 e. The van der Waals surface area contributed by atoms with Crippen LogP contribution < -0.4 is 9.44 Å². The van der Waals surface area contributed by atoms with Gasteiger partial charge in [-0.05, 0) is 26.7 Å². The summed E-state index contributed by atoms with van der Waals surface area (Å²) in [6, 6.07) is 0. The van der Waals surface area contributed by atoms with Crippen molar-refractivity contribution in [3.8, 4) is 0 Å². The third-order valence-corrected chi connectivity index (χ3v) is 5.57. The zero-order valence-corrected chi connectivity index (χ0v) is 13.4. The average Bonchev–Trinajstić information content (AvgIpc) is 2.36. The van der Waals surface area contributed by atoms with E-state index in [2.05, 4.69) is 9.44 Å². The largest absolute Gasteiger partial charge is 0.215 e. The number of hydrogen-bond acceptors (Lipinski definition) is 4. The van der Waals surface area contributed by atoms with Crippen LogP contribution in [0.5, 0.6) is 0 Å². The number of hydrogen-bond donors (Lipinski definition) is 2. The van der Waals surface area contributed by atoms with Gasteiger partial charge in [-0.3, -0.25) is 0 Å². The molecule has 0 atom stereocenters. The molecule has 0 fully saturated rings. The Hall–Kier alpha value is -0.180. The Morgan fingerprint density at radius 2 is 0.947 bits per heavy atom. The first kappa shape index (κ1) is 18.8. The van der Waals surface area contributed by atoms with Crippen LogP contribution in [-0.2, 0) is 20.0 Å². The van der Waals surface area contributed by atoms with Gasteiger partial charge in [-0.2, -0.15) is 0 Å². The quantitative estimate of drug-likeness (QED) is 0.522. The fourth-order valence-corrected chi connectivity index (χ4v) is 2.76. The van der Waals surface area contributed by atoms with Crippen molar-refractivity contribution < 1.29 is 16.8 Å². The van der Waals surface area contributed by atoms with Crippen LogP contribution in [-0.4, -0.2) is 41.4 Å². The molecule has 6 nitrogen and oxygen atoms in total. The molecule has 0 aromatic carbocycles. The van der Waals surface area contributed by atoms with Crippen LogP contribution >= 0.6 is 0 Å². The summed E-state index contributed by atoms with van der Waals surface area (Å²) in [6.45, 7) is 4.19. The zero-order valence-electron chi connectivity index (χ0n) is 11.8. The summed E-state index contributed by atoms with van der Waals surface area (Å²) in [7, 11) is -6.13. The van der Waals surface area contributed by atoms with Crippen LogP contribution in [0.3, 0.4) is 0 Å². The molecule has 0 saturated heterocycles. The topological polar surface area (TPSA) is 92.3 Å². The lowest BCUT2D eigenvalue weighted by molar-refractivity contribution is 0.563. The van der Waals surface area contributed by atoms with E-state index < -0.39 is 20.0 Å². The first-order valence-electron chi connectivity index (χ1n) is 6.77. The molecule has 0 rings (SSSR count). The van der Waals surface area contributed by atoms with Crippen molar-refractivity contribution in [3.63, 3.8) is 0 Å². The third-order valence-electron chi connectivity index (χ3n) is 2.76. The predicted octanol–water partition coefficient (Wildman–Crippen LogP) is 0.816. The number of sulfonamides is 2. The fraction of sp³-hybridized carbons (Fsp3) is 1.00. The number of nitrogens with one attached hydrogen (secondary N) is 2. The van der Waals surface area contributed by atoms with Gasteiger partial charge in [-0.1, -0.05) is 19.3 Å². The van der Waals surface area contributed by atoms with Gasteiger partial charge < -0.3 is 0 Å². The molecule has 19 heavy (non-hydrogen) atoms. The van der Waals surface area contributed by atoms with Crippen molar-refractivity contribution in [2.45, 2.75) is 46.0 Å². The second-order valence-corrected chi connectivity index (χ2v) is 8.55. The summed E-state index contributed by atoms with van der Waals surface area (Å²) in [6.07, 6.45) is 4.53. The number of rotatable bonds is 12. The maximum absolute atomic E-state index is 11.1. The van der Waals surface area contributed by atoms with Gasteiger partial charge in [0.2, 0.25) is 20.0 Å². The van der Waals surface area contributed by atoms with Crippen LogP contribution in [0.1, 0.15) is 46.0 Å². The van der Waals surface area contributed by atoms with Crippen LogP contribution in [0.15, 0.2) is 0 Å². The Labute approximate surface area is 117 Å². The van der Waals surface area contributed by atoms with E-state index in [1.807, 2.05) is 0 Å². The van der Waals surface area contributed by atoms with Crippen LogP contribution in [0, 0.1) is 0 Å². The minimum absolute atomic E-state index is 0.116. The van der Waals surface area contributed by atoms with E-state index in [1.165, 1.54) is 0 Å². The molecule has 0 aromatic rings. The van der Waals surface area contributed by atoms with Gasteiger partial charge in [-0.15, -0.1) is 0 Å². The van der Waals surface area contributed by atoms with Gasteiger partial charge in [-0.25, -0.2) is 26.3 Å². The molecular weight excluding hydrogens is 288 g/mol. The van der Waals surface area contributed by atoms with Crippen LogP contribution in [0.4, 0.5) is 0 Å². The van der Waals surface area contributed by atoms with E-state index in [1.54, 1.807) is 13.8 Å². The van der Waals surface area contributed by atoms with Gasteiger partial charge >= 0.3 is 0 Å². The van der Waals surface area contributed by atoms with Gasteiger partial charge in [0.15, 0.2) is 0 Å². The Kier molecular flexibility index (Phi) is 9.59. The maximum atomic E-state index is 11.1. The van der Waals surface area contributed by atoms with E-state index in [0.717, 1.165) is 32.1 Å². The molecule has 0 saturated carbocycles. The smallest absolute Gasteiger partial charge is 0.211 e. The molecular formula is C11H26N2O4S2. The van der Waals surface area contributed by atoms with Crippen LogP contribution in [0.25, 0.3) is 0 Å². The summed E-state index contributed by atoms with van der Waals surface area (Å²) in [5.74, 6) is 0.231. The maximum Gasteiger partial charge on any atom is 0.211 e. The third kappa shape index (κ3) is 11.4. The lowest BCUT2D eigenvalue weighted by atomic mass is 10.1. The van der Waals surface area contributed by atoms with Crippen molar-refractivity contribution in [3.05, 3.63) is 0 Å². The highest BCUT2D eigenvalue weighted by Gasteiger charge is 2.05. The van der Waals surface area contributed by atoms with Gasteiger partial charge in [0.25, 0.3) is 0 Å². The fourth-order valence-electron chi connectivity index (χ4n) is 1.44. The van der Waals surface area contributed by atoms with Crippen molar-refractivity contribution in [2.75, 3.05) is 24.6 Å². The molecule has 2 N–H and O–H groups in total. The molecule has 116 valence electrons. The summed E-state index contributed by atoms with van der Waals surface area (Å²) >= 11 is 0. The minimum atomic E-state index is -3.07. The normalized spacial score (nSPS) is 12.7. The monoisotopic (exact) mass is 314 g/mol. The SMILES string of the molecule is CCS(=O)(=O)NCCCCCCCNS(=O)(=O)CC. The van der Waals surface area contributed by atoms with E-state index in [-0.39, 0.29) is 11.5 Å². The van der Waals surface area contributed by atoms with Gasteiger partial charge in [0, 0.05) is 13.1 Å². The second-order valence-electron chi connectivity index (χ2n) is 4.36. The summed E-state index contributed by atoms with van der Waals surface area (Å²) < 4.78 is 49.5. The summed E-state index contributed by atoms with van der Waals surface area (Å²) in [5, 5.41) is 0. The molecule has 8 heteroatoms. The highest BCUT2D eigenvalue weighted by atomic mass is 32.2. The molecule has 0 aliphatic rings. The van der Waals surface area contributed by atoms with E-state index in [9.17, 15) is 16.8 Å². The first-order valence-corrected chi connectivity index (χ1v) is 10.1. The van der Waals surface area contributed by atoms with Crippen molar-refractivity contribution >= 4 is 20.0 Å². The molecule has 0 radical (unpaired) electrons. The highest BCUT2D eigenvalue weighted by molar-refractivity contribution is 7.89. The van der Waals surface area contributed by atoms with Crippen molar-refractivity contribution in [2.24, 2.45) is 0 Å². The second kappa shape index (κ2) is 9.68. The molecule has 0 spiro atoms. The predicted molar refractivity (Wildman–Crippen MR) is 78.0 cm³/mol. The molecule has 0 heterocycles. The molecule has 0 amide bonds. The van der Waals surface area contributed by atoms with Crippen LogP contribution in [0.2, 0.25) is 0 Å². The van der Waals surface area contributed by atoms with E-state index >= 15 is 0 Å². The summed E-state index contributed by atoms with van der Waals surface area (Å²) in [5.41, 5.74) is 0. The van der Waals surface area contributed by atoms with Crippen molar-refractivity contribution in [1.29, 1.82) is 0 Å². The standard InChI is InChI=1S/C11H26N2O4S2/c1-3-18(14,15)12-10-8-6-5-7-9-11-13-19(16,17)4-2/h12-13H,3-11H2,1-2H3. The van der Waals surface area contributed by atoms with Gasteiger partial charge in [0.1, 0.15) is 0 Å². The lowest BCUT2D eigenvalue weighted by Crippen LogP contribution is -2.26. The molecule has 0 bridgehead atoms. The molecule has 0 aliphatic heterocycles. The average molecular weight is 314 g/mol. The molecule has 0 unspecified atom stereocenters. The highest BCUT2D eigenvalue weighted by Crippen LogP contribution is 2.02. The van der Waals surface area contributed by atoms with E-state index in [0.29, 0.717) is 13.1 Å². The Morgan fingerprint density at radius 1 is 0.632 bits per heavy atom.